The molecule has 0 atom stereocenters. The number of nitrogens with one attached hydrogen (secondary N) is 2. The van der Waals surface area contributed by atoms with Crippen molar-refractivity contribution in [2.24, 2.45) is 0 Å². The van der Waals surface area contributed by atoms with Crippen LogP contribution in [0.1, 0.15) is 46.4 Å². The number of hydrogen-bond donors (Lipinski definition) is 2. The Morgan fingerprint density at radius 2 is 1.66 bits per heavy atom. The van der Waals surface area contributed by atoms with Crippen LogP contribution in [-0.4, -0.2) is 40.8 Å². The van der Waals surface area contributed by atoms with Crippen molar-refractivity contribution in [1.29, 1.82) is 0 Å². The van der Waals surface area contributed by atoms with E-state index < -0.39 is 10.8 Å². The third-order valence-electron chi connectivity index (χ3n) is 5.18. The number of carbonyl (C=O) groups is 2. The van der Waals surface area contributed by atoms with Gasteiger partial charge in [-0.1, -0.05) is 0 Å². The summed E-state index contributed by atoms with van der Waals surface area (Å²) in [5.41, 5.74) is 1.62. The summed E-state index contributed by atoms with van der Waals surface area (Å²) in [4.78, 5) is 37.6. The second-order valence-electron chi connectivity index (χ2n) is 7.44. The molecule has 1 saturated heterocycles. The minimum Gasteiger partial charge on any atom is -0.377 e. The summed E-state index contributed by atoms with van der Waals surface area (Å²) in [6.07, 6.45) is 4.05. The molecule has 1 heterocycles. The highest BCUT2D eigenvalue weighted by Crippen LogP contribution is 2.31. The van der Waals surface area contributed by atoms with E-state index in [0.29, 0.717) is 16.9 Å². The summed E-state index contributed by atoms with van der Waals surface area (Å²) >= 11 is 0. The lowest BCUT2D eigenvalue weighted by Gasteiger charge is -2.15. The minimum atomic E-state index is -0.486. The fraction of sp³-hybridized carbons (Fsp3) is 0.333. The van der Waals surface area contributed by atoms with Crippen molar-refractivity contribution in [2.45, 2.75) is 31.7 Å². The predicted octanol–water partition coefficient (Wildman–Crippen LogP) is 3.66. The van der Waals surface area contributed by atoms with Crippen LogP contribution in [0.3, 0.4) is 0 Å². The van der Waals surface area contributed by atoms with Crippen molar-refractivity contribution in [3.05, 3.63) is 63.7 Å². The van der Waals surface area contributed by atoms with Crippen LogP contribution < -0.4 is 10.6 Å². The Bertz CT molecular complexity index is 948. The number of hydrogen-bond acceptors (Lipinski definition) is 5. The number of nitro groups is 1. The average molecular weight is 394 g/mol. The summed E-state index contributed by atoms with van der Waals surface area (Å²) < 4.78 is 0. The van der Waals surface area contributed by atoms with E-state index in [2.05, 4.69) is 10.6 Å². The molecule has 4 rings (SSSR count). The highest BCUT2D eigenvalue weighted by atomic mass is 16.6. The molecule has 8 nitrogen and oxygen atoms in total. The molecular formula is C21H22N4O4. The Labute approximate surface area is 168 Å². The number of likely N-dealkylation sites (tertiary alicyclic amines) is 1. The fourth-order valence-electron chi connectivity index (χ4n) is 3.40. The Hall–Kier alpha value is -3.42. The Kier molecular flexibility index (Phi) is 5.16. The van der Waals surface area contributed by atoms with Crippen molar-refractivity contribution < 1.29 is 14.5 Å². The molecule has 0 aromatic heterocycles. The molecule has 29 heavy (non-hydrogen) atoms. The summed E-state index contributed by atoms with van der Waals surface area (Å²) in [6.45, 7) is 1.56. The topological polar surface area (TPSA) is 105 Å². The fourth-order valence-corrected chi connectivity index (χ4v) is 3.40. The van der Waals surface area contributed by atoms with Crippen molar-refractivity contribution in [1.82, 2.24) is 4.90 Å². The highest BCUT2D eigenvalue weighted by molar-refractivity contribution is 6.05. The van der Waals surface area contributed by atoms with Gasteiger partial charge in [0.05, 0.1) is 4.92 Å². The maximum Gasteiger partial charge on any atom is 0.293 e. The molecule has 2 aromatic rings. The molecule has 2 aliphatic rings. The second kappa shape index (κ2) is 7.90. The summed E-state index contributed by atoms with van der Waals surface area (Å²) in [5.74, 6) is -0.445. The van der Waals surface area contributed by atoms with Crippen molar-refractivity contribution in [2.75, 3.05) is 23.7 Å². The maximum atomic E-state index is 12.5. The lowest BCUT2D eigenvalue weighted by Crippen LogP contribution is -2.27. The molecule has 1 aliphatic carbocycles. The van der Waals surface area contributed by atoms with Crippen molar-refractivity contribution in [3.8, 4) is 0 Å². The molecule has 150 valence electrons. The number of nitrogens with zero attached hydrogens (tertiary/aromatic N) is 2. The molecule has 1 aliphatic heterocycles. The van der Waals surface area contributed by atoms with Crippen LogP contribution in [-0.2, 0) is 0 Å². The Balaban J connectivity index is 1.45. The standard InChI is InChI=1S/C21H22N4O4/c26-20(15-5-10-18(22-16-8-9-16)19(13-15)25(28)29)23-17-6-3-14(4-7-17)21(27)24-11-1-2-12-24/h3-7,10,13,16,22H,1-2,8-9,11-12H2,(H,23,26). The zero-order chi connectivity index (χ0) is 20.4. The Morgan fingerprint density at radius 1 is 1.00 bits per heavy atom. The first-order chi connectivity index (χ1) is 14.0. The first-order valence-electron chi connectivity index (χ1n) is 9.77. The molecule has 2 N–H and O–H groups in total. The normalized spacial score (nSPS) is 15.8. The minimum absolute atomic E-state index is 0.00486. The van der Waals surface area contributed by atoms with Crippen LogP contribution >= 0.6 is 0 Å². The van der Waals surface area contributed by atoms with Gasteiger partial charge in [0, 0.05) is 42.0 Å². The van der Waals surface area contributed by atoms with Crippen LogP contribution in [0.15, 0.2) is 42.5 Å². The summed E-state index contributed by atoms with van der Waals surface area (Å²) in [7, 11) is 0. The zero-order valence-electron chi connectivity index (χ0n) is 15.9. The van der Waals surface area contributed by atoms with E-state index in [1.54, 1.807) is 36.4 Å². The molecule has 8 heteroatoms. The molecule has 1 saturated carbocycles. The number of rotatable bonds is 6. The molecule has 0 unspecified atom stereocenters. The molecule has 2 amide bonds. The highest BCUT2D eigenvalue weighted by Gasteiger charge is 2.25. The lowest BCUT2D eigenvalue weighted by molar-refractivity contribution is -0.384. The predicted molar refractivity (Wildman–Crippen MR) is 109 cm³/mol. The van der Waals surface area contributed by atoms with E-state index in [1.807, 2.05) is 4.90 Å². The van der Waals surface area contributed by atoms with Gasteiger partial charge in [-0.3, -0.25) is 19.7 Å². The molecule has 2 aromatic carbocycles. The van der Waals surface area contributed by atoms with Crippen molar-refractivity contribution >= 4 is 28.9 Å². The quantitative estimate of drug-likeness (QED) is 0.575. The van der Waals surface area contributed by atoms with Gasteiger partial charge in [-0.25, -0.2) is 0 Å². The number of amides is 2. The third-order valence-corrected chi connectivity index (χ3v) is 5.18. The third kappa shape index (κ3) is 4.37. The van der Waals surface area contributed by atoms with Gasteiger partial charge in [0.1, 0.15) is 5.69 Å². The Morgan fingerprint density at radius 3 is 2.28 bits per heavy atom. The van der Waals surface area contributed by atoms with Gasteiger partial charge in [-0.05, 0) is 62.1 Å². The van der Waals surface area contributed by atoms with Gasteiger partial charge in [0.15, 0.2) is 0 Å². The van der Waals surface area contributed by atoms with Gasteiger partial charge in [0.2, 0.25) is 0 Å². The molecule has 2 fully saturated rings. The van der Waals surface area contributed by atoms with Gasteiger partial charge in [-0.2, -0.15) is 0 Å². The lowest BCUT2D eigenvalue weighted by atomic mass is 10.1. The van der Waals surface area contributed by atoms with Gasteiger partial charge in [-0.15, -0.1) is 0 Å². The summed E-state index contributed by atoms with van der Waals surface area (Å²) in [5, 5.41) is 17.2. The second-order valence-corrected chi connectivity index (χ2v) is 7.44. The van der Waals surface area contributed by atoms with Crippen LogP contribution in [0.4, 0.5) is 17.1 Å². The van der Waals surface area contributed by atoms with Crippen LogP contribution in [0.25, 0.3) is 0 Å². The van der Waals surface area contributed by atoms with E-state index in [-0.39, 0.29) is 23.2 Å². The van der Waals surface area contributed by atoms with Crippen molar-refractivity contribution in [3.63, 3.8) is 0 Å². The SMILES string of the molecule is O=C(Nc1ccc(C(=O)N2CCCC2)cc1)c1ccc(NC2CC2)c([N+](=O)[O-])c1. The molecular weight excluding hydrogens is 372 g/mol. The van der Waals surface area contributed by atoms with E-state index in [0.717, 1.165) is 38.8 Å². The first kappa shape index (κ1) is 18.9. The number of carbonyl (C=O) groups excluding carboxylic acids is 2. The van der Waals surface area contributed by atoms with Crippen LogP contribution in [0.2, 0.25) is 0 Å². The van der Waals surface area contributed by atoms with Crippen LogP contribution in [0.5, 0.6) is 0 Å². The molecule has 0 bridgehead atoms. The average Bonchev–Trinajstić information content (AvgIpc) is 3.37. The van der Waals surface area contributed by atoms with Gasteiger partial charge >= 0.3 is 0 Å². The largest absolute Gasteiger partial charge is 0.377 e. The number of benzene rings is 2. The maximum absolute atomic E-state index is 12.5. The smallest absolute Gasteiger partial charge is 0.293 e. The van der Waals surface area contributed by atoms with Gasteiger partial charge < -0.3 is 15.5 Å². The molecule has 0 radical (unpaired) electrons. The van der Waals surface area contributed by atoms with E-state index in [1.165, 1.54) is 6.07 Å². The van der Waals surface area contributed by atoms with Gasteiger partial charge in [0.25, 0.3) is 17.5 Å². The van der Waals surface area contributed by atoms with E-state index in [9.17, 15) is 19.7 Å². The number of nitro benzene ring substituents is 1. The van der Waals surface area contributed by atoms with E-state index >= 15 is 0 Å². The zero-order valence-corrected chi connectivity index (χ0v) is 15.9. The first-order valence-corrected chi connectivity index (χ1v) is 9.77. The summed E-state index contributed by atoms with van der Waals surface area (Å²) in [6, 6.07) is 11.4. The van der Waals surface area contributed by atoms with E-state index in [4.69, 9.17) is 0 Å². The monoisotopic (exact) mass is 394 g/mol. The molecule has 0 spiro atoms. The van der Waals surface area contributed by atoms with Crippen LogP contribution in [0, 0.1) is 10.1 Å². The number of anilines is 2.